The van der Waals surface area contributed by atoms with Gasteiger partial charge in [-0.25, -0.2) is 4.39 Å². The van der Waals surface area contributed by atoms with E-state index in [0.29, 0.717) is 0 Å². The van der Waals surface area contributed by atoms with E-state index in [1.165, 1.54) is 0 Å². The number of hydrogen-bond donors (Lipinski definition) is 1. The fourth-order valence-electron chi connectivity index (χ4n) is 1.51. The first-order chi connectivity index (χ1) is 9.45. The van der Waals surface area contributed by atoms with Crippen molar-refractivity contribution in [3.8, 4) is 11.5 Å². The summed E-state index contributed by atoms with van der Waals surface area (Å²) in [5.74, 6) is -2.68. The van der Waals surface area contributed by atoms with Gasteiger partial charge in [0.1, 0.15) is 11.4 Å². The Morgan fingerprint density at radius 2 is 2.10 bits per heavy atom. The highest BCUT2D eigenvalue weighted by atomic mass is 19.1. The molecule has 1 unspecified atom stereocenters. The molecule has 2 aromatic rings. The Kier molecular flexibility index (Phi) is 3.70. The summed E-state index contributed by atoms with van der Waals surface area (Å²) in [6.07, 6.45) is 0. The Labute approximate surface area is 111 Å². The molecular formula is C11H10F2N4O3. The quantitative estimate of drug-likeness (QED) is 0.683. The second-order valence-electron chi connectivity index (χ2n) is 3.97. The fraction of sp³-hybridized carbons (Fsp3) is 0.273. The molecule has 1 N–H and O–H groups in total. The second kappa shape index (κ2) is 5.29. The van der Waals surface area contributed by atoms with Crippen molar-refractivity contribution in [2.75, 3.05) is 7.05 Å². The monoisotopic (exact) mass is 284 g/mol. The number of rotatable bonds is 4. The number of nitro benzene ring substituents is 1. The van der Waals surface area contributed by atoms with E-state index < -0.39 is 33.7 Å². The van der Waals surface area contributed by atoms with E-state index in [2.05, 4.69) is 15.5 Å². The van der Waals surface area contributed by atoms with Crippen LogP contribution in [0.3, 0.4) is 0 Å². The van der Waals surface area contributed by atoms with Crippen LogP contribution < -0.4 is 5.32 Å². The van der Waals surface area contributed by atoms with Gasteiger partial charge in [0.25, 0.3) is 5.89 Å². The van der Waals surface area contributed by atoms with Gasteiger partial charge < -0.3 is 9.73 Å². The molecule has 9 heteroatoms. The van der Waals surface area contributed by atoms with Crippen molar-refractivity contribution in [3.63, 3.8) is 0 Å². The fourth-order valence-corrected chi connectivity index (χ4v) is 1.51. The zero-order valence-electron chi connectivity index (χ0n) is 10.6. The highest BCUT2D eigenvalue weighted by Crippen LogP contribution is 2.31. The minimum atomic E-state index is -1.35. The molecule has 2 rings (SSSR count). The minimum absolute atomic E-state index is 0.118. The number of hydrogen-bond acceptors (Lipinski definition) is 6. The van der Waals surface area contributed by atoms with E-state index in [9.17, 15) is 18.9 Å². The van der Waals surface area contributed by atoms with Crippen molar-refractivity contribution in [2.45, 2.75) is 13.0 Å². The minimum Gasteiger partial charge on any atom is -0.419 e. The average molecular weight is 284 g/mol. The van der Waals surface area contributed by atoms with Gasteiger partial charge >= 0.3 is 5.69 Å². The van der Waals surface area contributed by atoms with Crippen LogP contribution in [0.4, 0.5) is 14.5 Å². The standard InChI is InChI=1S/C11H10F2N4O3/c1-5(14-2)10-15-16-11(20-10)8-6(12)3-4-7(9(8)13)17(18)19/h3-5,14H,1-2H3. The van der Waals surface area contributed by atoms with Gasteiger partial charge in [0.15, 0.2) is 0 Å². The van der Waals surface area contributed by atoms with Crippen LogP contribution in [0.5, 0.6) is 0 Å². The van der Waals surface area contributed by atoms with Gasteiger partial charge in [0, 0.05) is 6.07 Å². The Morgan fingerprint density at radius 3 is 2.70 bits per heavy atom. The molecule has 0 bridgehead atoms. The number of nitrogens with zero attached hydrogens (tertiary/aromatic N) is 3. The van der Waals surface area contributed by atoms with Crippen LogP contribution in [0.1, 0.15) is 18.9 Å². The van der Waals surface area contributed by atoms with E-state index >= 15 is 0 Å². The number of benzene rings is 1. The summed E-state index contributed by atoms with van der Waals surface area (Å²) in [4.78, 5) is 9.69. The lowest BCUT2D eigenvalue weighted by molar-refractivity contribution is -0.387. The zero-order chi connectivity index (χ0) is 14.9. The molecule has 1 atom stereocenters. The lowest BCUT2D eigenvalue weighted by atomic mass is 10.1. The van der Waals surface area contributed by atoms with E-state index in [1.807, 2.05) is 0 Å². The van der Waals surface area contributed by atoms with Crippen LogP contribution in [0.2, 0.25) is 0 Å². The molecule has 20 heavy (non-hydrogen) atoms. The molecule has 0 saturated carbocycles. The van der Waals surface area contributed by atoms with Crippen molar-refractivity contribution in [2.24, 2.45) is 0 Å². The Morgan fingerprint density at radius 1 is 1.40 bits per heavy atom. The molecule has 0 radical (unpaired) electrons. The smallest absolute Gasteiger partial charge is 0.305 e. The normalized spacial score (nSPS) is 12.4. The molecule has 1 aromatic carbocycles. The highest BCUT2D eigenvalue weighted by molar-refractivity contribution is 5.59. The highest BCUT2D eigenvalue weighted by Gasteiger charge is 2.26. The van der Waals surface area contributed by atoms with Crippen molar-refractivity contribution in [3.05, 3.63) is 39.8 Å². The van der Waals surface area contributed by atoms with Crippen LogP contribution in [0.25, 0.3) is 11.5 Å². The van der Waals surface area contributed by atoms with E-state index in [0.717, 1.165) is 12.1 Å². The summed E-state index contributed by atoms with van der Waals surface area (Å²) in [7, 11) is 1.64. The molecular weight excluding hydrogens is 274 g/mol. The second-order valence-corrected chi connectivity index (χ2v) is 3.97. The van der Waals surface area contributed by atoms with Crippen molar-refractivity contribution in [1.29, 1.82) is 0 Å². The summed E-state index contributed by atoms with van der Waals surface area (Å²) in [6.45, 7) is 1.71. The molecule has 0 saturated heterocycles. The third kappa shape index (κ3) is 2.35. The van der Waals surface area contributed by atoms with Crippen molar-refractivity contribution >= 4 is 5.69 Å². The molecule has 0 aliphatic carbocycles. The summed E-state index contributed by atoms with van der Waals surface area (Å²) in [5, 5.41) is 20.6. The molecule has 1 aromatic heterocycles. The van der Waals surface area contributed by atoms with Crippen LogP contribution in [-0.4, -0.2) is 22.2 Å². The first-order valence-electron chi connectivity index (χ1n) is 5.59. The lowest BCUT2D eigenvalue weighted by Gasteiger charge is -2.03. The van der Waals surface area contributed by atoms with Crippen LogP contribution >= 0.6 is 0 Å². The topological polar surface area (TPSA) is 94.1 Å². The third-order valence-corrected chi connectivity index (χ3v) is 2.73. The molecule has 0 spiro atoms. The SMILES string of the molecule is CNC(C)c1nnc(-c2c(F)ccc([N+](=O)[O-])c2F)o1. The van der Waals surface area contributed by atoms with Gasteiger partial charge in [-0.15, -0.1) is 10.2 Å². The van der Waals surface area contributed by atoms with Gasteiger partial charge in [0.05, 0.1) is 11.0 Å². The summed E-state index contributed by atoms with van der Waals surface area (Å²) in [5.41, 5.74) is -1.57. The number of nitrogens with one attached hydrogen (secondary N) is 1. The summed E-state index contributed by atoms with van der Waals surface area (Å²) >= 11 is 0. The van der Waals surface area contributed by atoms with Crippen LogP contribution in [0.15, 0.2) is 16.5 Å². The van der Waals surface area contributed by atoms with Gasteiger partial charge in [-0.3, -0.25) is 10.1 Å². The Balaban J connectivity index is 2.55. The maximum Gasteiger partial charge on any atom is 0.305 e. The molecule has 1 heterocycles. The molecule has 0 aliphatic rings. The maximum atomic E-state index is 13.9. The van der Waals surface area contributed by atoms with Crippen LogP contribution in [0, 0.1) is 21.7 Å². The molecule has 0 amide bonds. The average Bonchev–Trinajstić information content (AvgIpc) is 2.87. The maximum absolute atomic E-state index is 13.9. The van der Waals surface area contributed by atoms with Gasteiger partial charge in [-0.05, 0) is 20.0 Å². The summed E-state index contributed by atoms with van der Waals surface area (Å²) < 4.78 is 32.7. The first kappa shape index (κ1) is 14.0. The first-order valence-corrected chi connectivity index (χ1v) is 5.59. The molecule has 0 aliphatic heterocycles. The Bertz CT molecular complexity index is 659. The number of halogens is 2. The van der Waals surface area contributed by atoms with Gasteiger partial charge in [-0.2, -0.15) is 4.39 Å². The number of nitro groups is 1. The largest absolute Gasteiger partial charge is 0.419 e. The van der Waals surface area contributed by atoms with Crippen molar-refractivity contribution < 1.29 is 18.1 Å². The predicted octanol–water partition coefficient (Wildman–Crippen LogP) is 2.20. The summed E-state index contributed by atoms with van der Waals surface area (Å²) in [6, 6.07) is 1.20. The van der Waals surface area contributed by atoms with Crippen molar-refractivity contribution in [1.82, 2.24) is 15.5 Å². The molecule has 0 fully saturated rings. The van der Waals surface area contributed by atoms with E-state index in [-0.39, 0.29) is 11.9 Å². The predicted molar refractivity (Wildman–Crippen MR) is 63.8 cm³/mol. The van der Waals surface area contributed by atoms with Gasteiger partial charge in [0.2, 0.25) is 11.7 Å². The molecule has 106 valence electrons. The zero-order valence-corrected chi connectivity index (χ0v) is 10.6. The van der Waals surface area contributed by atoms with E-state index in [4.69, 9.17) is 4.42 Å². The van der Waals surface area contributed by atoms with E-state index in [1.54, 1.807) is 14.0 Å². The Hall–Kier alpha value is -2.42. The third-order valence-electron chi connectivity index (χ3n) is 2.73. The van der Waals surface area contributed by atoms with Gasteiger partial charge in [-0.1, -0.05) is 0 Å². The lowest BCUT2D eigenvalue weighted by Crippen LogP contribution is -2.12. The van der Waals surface area contributed by atoms with Crippen LogP contribution in [-0.2, 0) is 0 Å². The number of aromatic nitrogens is 2. The molecule has 7 nitrogen and oxygen atoms in total.